The van der Waals surface area contributed by atoms with E-state index in [1.54, 1.807) is 0 Å². The maximum absolute atomic E-state index is 11.1. The highest BCUT2D eigenvalue weighted by atomic mass is 16.3. The van der Waals surface area contributed by atoms with Gasteiger partial charge in [0.2, 0.25) is 0 Å². The second kappa shape index (κ2) is 3.48. The monoisotopic (exact) mass is 237 g/mol. The SMILES string of the molecule is CCC(O)(CC)C12CC3CC(CC(N)(C3)C1)C2. The first-order chi connectivity index (χ1) is 7.94. The smallest absolute Gasteiger partial charge is 0.0699 e. The molecule has 0 saturated heterocycles. The highest BCUT2D eigenvalue weighted by molar-refractivity contribution is 5.15. The molecule has 0 aliphatic heterocycles. The van der Waals surface area contributed by atoms with Crippen LogP contribution in [0.3, 0.4) is 0 Å². The van der Waals surface area contributed by atoms with Crippen LogP contribution in [0.4, 0.5) is 0 Å². The lowest BCUT2D eigenvalue weighted by Gasteiger charge is -2.65. The summed E-state index contributed by atoms with van der Waals surface area (Å²) >= 11 is 0. The number of hydrogen-bond acceptors (Lipinski definition) is 2. The third-order valence-corrected chi connectivity index (χ3v) is 6.26. The summed E-state index contributed by atoms with van der Waals surface area (Å²) in [7, 11) is 0. The van der Waals surface area contributed by atoms with E-state index in [-0.39, 0.29) is 11.0 Å². The molecule has 2 nitrogen and oxygen atoms in total. The first-order valence-corrected chi connectivity index (χ1v) is 7.45. The van der Waals surface area contributed by atoms with Crippen LogP contribution in [-0.4, -0.2) is 16.2 Å². The minimum absolute atomic E-state index is 0.0579. The van der Waals surface area contributed by atoms with E-state index in [1.165, 1.54) is 32.1 Å². The van der Waals surface area contributed by atoms with E-state index in [0.717, 1.165) is 31.1 Å². The average Bonchev–Trinajstić information content (AvgIpc) is 2.24. The van der Waals surface area contributed by atoms with Gasteiger partial charge in [-0.2, -0.15) is 0 Å². The molecule has 0 aromatic rings. The third-order valence-electron chi connectivity index (χ3n) is 6.26. The van der Waals surface area contributed by atoms with Crippen molar-refractivity contribution in [1.29, 1.82) is 0 Å². The fraction of sp³-hybridized carbons (Fsp3) is 1.00. The molecule has 4 aliphatic rings. The topological polar surface area (TPSA) is 46.2 Å². The van der Waals surface area contributed by atoms with Gasteiger partial charge in [0.25, 0.3) is 0 Å². The van der Waals surface area contributed by atoms with Gasteiger partial charge in [0.05, 0.1) is 5.60 Å². The summed E-state index contributed by atoms with van der Waals surface area (Å²) in [6.07, 6.45) is 9.14. The minimum atomic E-state index is -0.463. The molecule has 3 N–H and O–H groups in total. The van der Waals surface area contributed by atoms with E-state index in [0.29, 0.717) is 0 Å². The van der Waals surface area contributed by atoms with Crippen molar-refractivity contribution in [3.05, 3.63) is 0 Å². The molecule has 4 aliphatic carbocycles. The van der Waals surface area contributed by atoms with E-state index >= 15 is 0 Å². The van der Waals surface area contributed by atoms with Crippen molar-refractivity contribution in [3.8, 4) is 0 Å². The van der Waals surface area contributed by atoms with Crippen LogP contribution in [0.1, 0.15) is 65.2 Å². The fourth-order valence-electron chi connectivity index (χ4n) is 5.88. The Morgan fingerprint density at radius 1 is 1.12 bits per heavy atom. The van der Waals surface area contributed by atoms with Crippen molar-refractivity contribution < 1.29 is 5.11 Å². The number of aliphatic hydroxyl groups is 1. The van der Waals surface area contributed by atoms with Crippen molar-refractivity contribution in [2.24, 2.45) is 23.0 Å². The Morgan fingerprint density at radius 2 is 1.65 bits per heavy atom. The van der Waals surface area contributed by atoms with E-state index < -0.39 is 5.60 Å². The van der Waals surface area contributed by atoms with Gasteiger partial charge in [-0.05, 0) is 63.2 Å². The van der Waals surface area contributed by atoms with Crippen LogP contribution in [-0.2, 0) is 0 Å². The van der Waals surface area contributed by atoms with Crippen molar-refractivity contribution >= 4 is 0 Å². The quantitative estimate of drug-likeness (QED) is 0.793. The van der Waals surface area contributed by atoms with E-state index in [1.807, 2.05) is 0 Å². The summed E-state index contributed by atoms with van der Waals surface area (Å²) in [6, 6.07) is 0. The van der Waals surface area contributed by atoms with Gasteiger partial charge in [0.1, 0.15) is 0 Å². The fourth-order valence-corrected chi connectivity index (χ4v) is 5.88. The molecule has 2 atom stereocenters. The van der Waals surface area contributed by atoms with Crippen molar-refractivity contribution in [2.75, 3.05) is 0 Å². The van der Waals surface area contributed by atoms with Gasteiger partial charge >= 0.3 is 0 Å². The zero-order chi connectivity index (χ0) is 12.3. The van der Waals surface area contributed by atoms with Crippen LogP contribution in [0.5, 0.6) is 0 Å². The maximum Gasteiger partial charge on any atom is 0.0699 e. The van der Waals surface area contributed by atoms with Gasteiger partial charge in [0, 0.05) is 11.0 Å². The van der Waals surface area contributed by atoms with Gasteiger partial charge in [0.15, 0.2) is 0 Å². The predicted octanol–water partition coefficient (Wildman–Crippen LogP) is 2.84. The van der Waals surface area contributed by atoms with Gasteiger partial charge in [-0.3, -0.25) is 0 Å². The molecule has 0 radical (unpaired) electrons. The van der Waals surface area contributed by atoms with Crippen molar-refractivity contribution in [3.63, 3.8) is 0 Å². The lowest BCUT2D eigenvalue weighted by Crippen LogP contribution is -2.66. The zero-order valence-electron chi connectivity index (χ0n) is 11.3. The van der Waals surface area contributed by atoms with E-state index in [9.17, 15) is 5.11 Å². The highest BCUT2D eigenvalue weighted by Crippen LogP contribution is 2.65. The molecule has 0 heterocycles. The summed E-state index contributed by atoms with van der Waals surface area (Å²) < 4.78 is 0. The molecule has 0 aromatic heterocycles. The lowest BCUT2D eigenvalue weighted by atomic mass is 9.42. The molecule has 4 fully saturated rings. The Labute approximate surface area is 105 Å². The van der Waals surface area contributed by atoms with Crippen LogP contribution >= 0.6 is 0 Å². The molecule has 4 bridgehead atoms. The van der Waals surface area contributed by atoms with Crippen LogP contribution in [0.2, 0.25) is 0 Å². The largest absolute Gasteiger partial charge is 0.389 e. The van der Waals surface area contributed by atoms with Gasteiger partial charge in [-0.15, -0.1) is 0 Å². The predicted molar refractivity (Wildman–Crippen MR) is 69.6 cm³/mol. The first kappa shape index (κ1) is 12.0. The highest BCUT2D eigenvalue weighted by Gasteiger charge is 2.62. The molecule has 0 spiro atoms. The summed E-state index contributed by atoms with van der Waals surface area (Å²) in [5.41, 5.74) is 6.34. The minimum Gasteiger partial charge on any atom is -0.389 e. The normalized spacial score (nSPS) is 48.7. The Balaban J connectivity index is 1.98. The van der Waals surface area contributed by atoms with Gasteiger partial charge in [-0.25, -0.2) is 0 Å². The van der Waals surface area contributed by atoms with Crippen molar-refractivity contribution in [1.82, 2.24) is 0 Å². The van der Waals surface area contributed by atoms with Crippen LogP contribution < -0.4 is 5.73 Å². The second-order valence-electron chi connectivity index (χ2n) is 7.34. The summed E-state index contributed by atoms with van der Waals surface area (Å²) in [6.45, 7) is 4.29. The molecule has 4 saturated carbocycles. The Morgan fingerprint density at radius 3 is 2.06 bits per heavy atom. The summed E-state index contributed by atoms with van der Waals surface area (Å²) in [4.78, 5) is 0. The first-order valence-electron chi connectivity index (χ1n) is 7.45. The van der Waals surface area contributed by atoms with Crippen LogP contribution in [0.15, 0.2) is 0 Å². The van der Waals surface area contributed by atoms with E-state index in [2.05, 4.69) is 13.8 Å². The molecule has 0 aromatic carbocycles. The molecule has 98 valence electrons. The molecular weight excluding hydrogens is 210 g/mol. The molecule has 17 heavy (non-hydrogen) atoms. The third kappa shape index (κ3) is 1.53. The van der Waals surface area contributed by atoms with Crippen LogP contribution in [0, 0.1) is 17.3 Å². The maximum atomic E-state index is 11.1. The average molecular weight is 237 g/mol. The lowest BCUT2D eigenvalue weighted by molar-refractivity contribution is -0.187. The zero-order valence-corrected chi connectivity index (χ0v) is 11.3. The number of nitrogens with two attached hydrogens (primary N) is 1. The Bertz CT molecular complexity index is 307. The number of rotatable bonds is 3. The molecule has 0 amide bonds. The Hall–Kier alpha value is -0.0800. The van der Waals surface area contributed by atoms with Gasteiger partial charge in [-0.1, -0.05) is 13.8 Å². The number of hydrogen-bond donors (Lipinski definition) is 2. The summed E-state index contributed by atoms with van der Waals surface area (Å²) in [5, 5.41) is 11.1. The standard InChI is InChI=1S/C15H27NO/c1-3-15(17,4-2)13-6-11-5-12(7-13)9-14(16,8-11)10-13/h11-12,17H,3-10,16H2,1-2H3. The molecule has 4 rings (SSSR count). The summed E-state index contributed by atoms with van der Waals surface area (Å²) in [5.74, 6) is 1.59. The van der Waals surface area contributed by atoms with Crippen molar-refractivity contribution in [2.45, 2.75) is 76.4 Å². The van der Waals surface area contributed by atoms with Gasteiger partial charge < -0.3 is 10.8 Å². The molecule has 2 unspecified atom stereocenters. The Kier molecular flexibility index (Phi) is 2.45. The van der Waals surface area contributed by atoms with Crippen LogP contribution in [0.25, 0.3) is 0 Å². The van der Waals surface area contributed by atoms with E-state index in [4.69, 9.17) is 5.73 Å². The second-order valence-corrected chi connectivity index (χ2v) is 7.34. The molecule has 2 heteroatoms. The molecular formula is C15H27NO.